The molecule has 0 aliphatic rings. The number of aliphatic carboxylic acids is 1. The van der Waals surface area contributed by atoms with Crippen molar-refractivity contribution in [1.82, 2.24) is 4.90 Å². The molecule has 0 aliphatic carbocycles. The Labute approximate surface area is 144 Å². The average molecular weight is 329 g/mol. The molecule has 0 heterocycles. The van der Waals surface area contributed by atoms with Crippen molar-refractivity contribution in [2.75, 3.05) is 26.7 Å². The van der Waals surface area contributed by atoms with Gasteiger partial charge in [0.2, 0.25) is 0 Å². The van der Waals surface area contributed by atoms with E-state index >= 15 is 0 Å². The number of carboxylic acids is 1. The minimum absolute atomic E-state index is 0.589. The first-order valence-corrected chi connectivity index (χ1v) is 8.48. The van der Waals surface area contributed by atoms with Gasteiger partial charge in [-0.15, -0.1) is 0 Å². The molecule has 1 unspecified atom stereocenters. The second-order valence-electron chi connectivity index (χ2n) is 6.34. The molecule has 0 amide bonds. The summed E-state index contributed by atoms with van der Waals surface area (Å²) < 4.78 is 5.25. The van der Waals surface area contributed by atoms with Crippen molar-refractivity contribution in [2.24, 2.45) is 0 Å². The van der Waals surface area contributed by atoms with Crippen LogP contribution < -0.4 is 4.74 Å². The highest BCUT2D eigenvalue weighted by Crippen LogP contribution is 2.32. The quantitative estimate of drug-likeness (QED) is 0.797. The monoisotopic (exact) mass is 329 g/mol. The van der Waals surface area contributed by atoms with Gasteiger partial charge in [-0.3, -0.25) is 4.79 Å². The Balaban J connectivity index is 2.36. The van der Waals surface area contributed by atoms with Crippen LogP contribution in [0.1, 0.15) is 32.8 Å². The number of methoxy groups -OCH3 is 1. The fourth-order valence-corrected chi connectivity index (χ4v) is 2.99. The van der Waals surface area contributed by atoms with Gasteiger partial charge in [0.05, 0.1) is 12.5 Å². The molecule has 0 spiro atoms. The third kappa shape index (κ3) is 3.70. The molecule has 0 radical (unpaired) electrons. The van der Waals surface area contributed by atoms with Crippen LogP contribution >= 0.6 is 0 Å². The van der Waals surface area contributed by atoms with E-state index in [0.29, 0.717) is 6.42 Å². The van der Waals surface area contributed by atoms with Crippen LogP contribution in [0.5, 0.6) is 5.75 Å². The molecule has 24 heavy (non-hydrogen) atoms. The molecule has 1 atom stereocenters. The van der Waals surface area contributed by atoms with E-state index in [2.05, 4.69) is 18.7 Å². The minimum atomic E-state index is -0.892. The van der Waals surface area contributed by atoms with Crippen LogP contribution in [0.15, 0.2) is 36.4 Å². The van der Waals surface area contributed by atoms with Crippen LogP contribution in [-0.2, 0) is 10.2 Å². The maximum absolute atomic E-state index is 12.0. The lowest BCUT2D eigenvalue weighted by atomic mass is 9.78. The van der Waals surface area contributed by atoms with E-state index in [1.807, 2.05) is 43.3 Å². The van der Waals surface area contributed by atoms with Crippen molar-refractivity contribution < 1.29 is 14.6 Å². The molecule has 0 fully saturated rings. The Hall–Kier alpha value is -2.07. The maximum atomic E-state index is 12.0. The molecule has 0 bridgehead atoms. The normalized spacial score (nSPS) is 13.9. The second-order valence-corrected chi connectivity index (χ2v) is 6.34. The Bertz CT molecular complexity index is 709. The summed E-state index contributed by atoms with van der Waals surface area (Å²) in [7, 11) is 1.64. The Morgan fingerprint density at radius 1 is 1.12 bits per heavy atom. The minimum Gasteiger partial charge on any atom is -0.497 e. The summed E-state index contributed by atoms with van der Waals surface area (Å²) in [4.78, 5) is 14.3. The molecule has 1 N–H and O–H groups in total. The molecule has 0 saturated heterocycles. The number of hydrogen-bond acceptors (Lipinski definition) is 3. The number of benzene rings is 2. The molecule has 2 aromatic carbocycles. The predicted molar refractivity (Wildman–Crippen MR) is 97.9 cm³/mol. The van der Waals surface area contributed by atoms with E-state index in [0.717, 1.165) is 41.7 Å². The van der Waals surface area contributed by atoms with Gasteiger partial charge in [-0.2, -0.15) is 0 Å². The van der Waals surface area contributed by atoms with Crippen LogP contribution in [0.25, 0.3) is 10.8 Å². The van der Waals surface area contributed by atoms with Crippen molar-refractivity contribution in [3.8, 4) is 5.75 Å². The third-order valence-electron chi connectivity index (χ3n) is 4.98. The largest absolute Gasteiger partial charge is 0.497 e. The van der Waals surface area contributed by atoms with Crippen LogP contribution in [-0.4, -0.2) is 42.7 Å². The number of carboxylic acid groups (broad SMARTS) is 1. The molecule has 0 aromatic heterocycles. The number of rotatable bonds is 8. The van der Waals surface area contributed by atoms with Crippen LogP contribution in [0, 0.1) is 0 Å². The van der Waals surface area contributed by atoms with Crippen molar-refractivity contribution >= 4 is 16.7 Å². The highest BCUT2D eigenvalue weighted by atomic mass is 16.5. The smallest absolute Gasteiger partial charge is 0.313 e. The fraction of sp³-hybridized carbons (Fsp3) is 0.450. The number of carbonyl (C=O) groups is 1. The Morgan fingerprint density at radius 2 is 1.75 bits per heavy atom. The van der Waals surface area contributed by atoms with Gasteiger partial charge in [-0.1, -0.05) is 38.1 Å². The summed E-state index contributed by atoms with van der Waals surface area (Å²) in [5.74, 6) is 0.0281. The summed E-state index contributed by atoms with van der Waals surface area (Å²) in [6.07, 6.45) is 0.589. The Kier molecular flexibility index (Phi) is 5.84. The Morgan fingerprint density at radius 3 is 2.33 bits per heavy atom. The van der Waals surface area contributed by atoms with Gasteiger partial charge in [0, 0.05) is 0 Å². The summed E-state index contributed by atoms with van der Waals surface area (Å²) >= 11 is 0. The molecule has 2 rings (SSSR count). The third-order valence-corrected chi connectivity index (χ3v) is 4.98. The lowest BCUT2D eigenvalue weighted by Crippen LogP contribution is -2.37. The van der Waals surface area contributed by atoms with Gasteiger partial charge >= 0.3 is 5.97 Å². The first-order valence-electron chi connectivity index (χ1n) is 8.48. The van der Waals surface area contributed by atoms with Crippen molar-refractivity contribution in [2.45, 2.75) is 32.6 Å². The molecular weight excluding hydrogens is 302 g/mol. The molecule has 4 nitrogen and oxygen atoms in total. The first kappa shape index (κ1) is 18.3. The van der Waals surface area contributed by atoms with Crippen LogP contribution in [0.3, 0.4) is 0 Å². The summed E-state index contributed by atoms with van der Waals surface area (Å²) in [6, 6.07) is 11.7. The van der Waals surface area contributed by atoms with E-state index in [9.17, 15) is 9.90 Å². The van der Waals surface area contributed by atoms with E-state index < -0.39 is 11.4 Å². The lowest BCUT2D eigenvalue weighted by molar-refractivity contribution is -0.143. The standard InChI is InChI=1S/C20H27NO3/c1-5-21(6-2)12-11-20(3,19(22)23)17-9-7-16-14-18(24-4)10-8-15(16)13-17/h7-10,13-14H,5-6,11-12H2,1-4H3,(H,22,23). The van der Waals surface area contributed by atoms with E-state index in [4.69, 9.17) is 4.74 Å². The van der Waals surface area contributed by atoms with Gasteiger partial charge in [0.25, 0.3) is 0 Å². The highest BCUT2D eigenvalue weighted by molar-refractivity contribution is 5.88. The van der Waals surface area contributed by atoms with Gasteiger partial charge in [0.15, 0.2) is 0 Å². The van der Waals surface area contributed by atoms with E-state index in [-0.39, 0.29) is 0 Å². The molecule has 0 saturated carbocycles. The predicted octanol–water partition coefficient (Wildman–Crippen LogP) is 3.92. The average Bonchev–Trinajstić information content (AvgIpc) is 2.61. The number of nitrogens with zero attached hydrogens (tertiary/aromatic N) is 1. The fourth-order valence-electron chi connectivity index (χ4n) is 2.99. The van der Waals surface area contributed by atoms with Gasteiger partial charge < -0.3 is 14.7 Å². The van der Waals surface area contributed by atoms with Crippen molar-refractivity contribution in [1.29, 1.82) is 0 Å². The van der Waals surface area contributed by atoms with Crippen molar-refractivity contribution in [3.63, 3.8) is 0 Å². The van der Waals surface area contributed by atoms with Gasteiger partial charge in [0.1, 0.15) is 5.75 Å². The summed E-state index contributed by atoms with van der Waals surface area (Å²) in [6.45, 7) is 8.67. The van der Waals surface area contributed by atoms with E-state index in [1.54, 1.807) is 7.11 Å². The first-order chi connectivity index (χ1) is 11.4. The van der Waals surface area contributed by atoms with Gasteiger partial charge in [-0.05, 0) is 61.4 Å². The molecule has 130 valence electrons. The van der Waals surface area contributed by atoms with E-state index in [1.165, 1.54) is 0 Å². The summed E-state index contributed by atoms with van der Waals surface area (Å²) in [5, 5.41) is 11.9. The molecule has 4 heteroatoms. The molecule has 0 aliphatic heterocycles. The zero-order valence-corrected chi connectivity index (χ0v) is 15.0. The lowest BCUT2D eigenvalue weighted by Gasteiger charge is -2.29. The molecular formula is C20H27NO3. The zero-order chi connectivity index (χ0) is 17.7. The summed E-state index contributed by atoms with van der Waals surface area (Å²) in [5.41, 5.74) is -0.0451. The zero-order valence-electron chi connectivity index (χ0n) is 15.0. The molecule has 2 aromatic rings. The topological polar surface area (TPSA) is 49.8 Å². The highest BCUT2D eigenvalue weighted by Gasteiger charge is 2.35. The van der Waals surface area contributed by atoms with Crippen LogP contribution in [0.4, 0.5) is 0 Å². The van der Waals surface area contributed by atoms with Gasteiger partial charge in [-0.25, -0.2) is 0 Å². The SMILES string of the molecule is CCN(CC)CCC(C)(C(=O)O)c1ccc2cc(OC)ccc2c1. The van der Waals surface area contributed by atoms with Crippen molar-refractivity contribution in [3.05, 3.63) is 42.0 Å². The van der Waals surface area contributed by atoms with Crippen LogP contribution in [0.2, 0.25) is 0 Å². The number of hydrogen-bond donors (Lipinski definition) is 1. The number of ether oxygens (including phenoxy) is 1. The number of fused-ring (bicyclic) bond motifs is 1. The second kappa shape index (κ2) is 7.67. The maximum Gasteiger partial charge on any atom is 0.313 e.